The van der Waals surface area contributed by atoms with Crippen LogP contribution >= 0.6 is 0 Å². The van der Waals surface area contributed by atoms with E-state index in [0.717, 1.165) is 30.4 Å². The summed E-state index contributed by atoms with van der Waals surface area (Å²) in [7, 11) is 0. The van der Waals surface area contributed by atoms with Gasteiger partial charge in [-0.2, -0.15) is 0 Å². The standard InChI is InChI=1S/C22H32O4/c1-13(2)19-16-8-10-22(6)20(26-22)18(25-15(4)23)11-14(3)7-9-21(16,5)12-17(19)24/h7,16,18,20H,8-12H2,1-6H3. The van der Waals surface area contributed by atoms with Crippen LogP contribution in [0.25, 0.3) is 0 Å². The lowest BCUT2D eigenvalue weighted by atomic mass is 9.72. The van der Waals surface area contributed by atoms with Crippen LogP contribution in [-0.4, -0.2) is 29.6 Å². The summed E-state index contributed by atoms with van der Waals surface area (Å²) in [4.78, 5) is 24.2. The van der Waals surface area contributed by atoms with E-state index in [1.54, 1.807) is 0 Å². The number of Topliss-reactive ketones (excluding diaryl/α,β-unsaturated/α-hetero) is 1. The van der Waals surface area contributed by atoms with Crippen molar-refractivity contribution in [3.8, 4) is 0 Å². The molecule has 0 aromatic heterocycles. The average molecular weight is 360 g/mol. The molecule has 1 heterocycles. The van der Waals surface area contributed by atoms with Crippen molar-refractivity contribution < 1.29 is 19.1 Å². The maximum absolute atomic E-state index is 12.7. The Kier molecular flexibility index (Phi) is 4.93. The van der Waals surface area contributed by atoms with E-state index in [2.05, 4.69) is 40.7 Å². The van der Waals surface area contributed by atoms with Gasteiger partial charge in [0.1, 0.15) is 12.2 Å². The Hall–Kier alpha value is -1.42. The summed E-state index contributed by atoms with van der Waals surface area (Å²) in [5.41, 5.74) is 3.09. The minimum absolute atomic E-state index is 0.0348. The number of allylic oxidation sites excluding steroid dienone is 3. The number of hydrogen-bond donors (Lipinski definition) is 0. The number of rotatable bonds is 1. The van der Waals surface area contributed by atoms with Crippen LogP contribution in [0.1, 0.15) is 73.6 Å². The van der Waals surface area contributed by atoms with E-state index in [9.17, 15) is 9.59 Å². The highest BCUT2D eigenvalue weighted by Crippen LogP contribution is 2.54. The second-order valence-corrected chi connectivity index (χ2v) is 9.22. The Labute approximate surface area is 157 Å². The normalized spacial score (nSPS) is 40.1. The summed E-state index contributed by atoms with van der Waals surface area (Å²) >= 11 is 0. The minimum atomic E-state index is -0.260. The molecule has 0 amide bonds. The van der Waals surface area contributed by atoms with E-state index in [4.69, 9.17) is 9.47 Å². The number of carbonyl (C=O) groups is 2. The summed E-state index contributed by atoms with van der Waals surface area (Å²) < 4.78 is 11.6. The molecule has 3 aliphatic rings. The summed E-state index contributed by atoms with van der Waals surface area (Å²) in [5.74, 6) is 0.338. The van der Waals surface area contributed by atoms with Crippen LogP contribution in [-0.2, 0) is 19.1 Å². The van der Waals surface area contributed by atoms with Crippen molar-refractivity contribution in [2.45, 2.75) is 91.5 Å². The zero-order valence-electron chi connectivity index (χ0n) is 17.0. The monoisotopic (exact) mass is 360 g/mol. The largest absolute Gasteiger partial charge is 0.459 e. The fourth-order valence-corrected chi connectivity index (χ4v) is 5.05. The molecule has 3 rings (SSSR count). The van der Waals surface area contributed by atoms with Crippen molar-refractivity contribution in [2.24, 2.45) is 11.3 Å². The molecule has 0 N–H and O–H groups in total. The third-order valence-corrected chi connectivity index (χ3v) is 6.56. The van der Waals surface area contributed by atoms with Gasteiger partial charge in [0.2, 0.25) is 0 Å². The number of ketones is 1. The van der Waals surface area contributed by atoms with Gasteiger partial charge in [0, 0.05) is 19.8 Å². The Bertz CT molecular complexity index is 684. The topological polar surface area (TPSA) is 55.9 Å². The van der Waals surface area contributed by atoms with Gasteiger partial charge in [0.25, 0.3) is 0 Å². The summed E-state index contributed by atoms with van der Waals surface area (Å²) in [6.07, 6.45) is 6.01. The quantitative estimate of drug-likeness (QED) is 0.298. The van der Waals surface area contributed by atoms with Crippen molar-refractivity contribution in [3.63, 3.8) is 0 Å². The van der Waals surface area contributed by atoms with Gasteiger partial charge in [0.15, 0.2) is 5.78 Å². The number of carbonyl (C=O) groups excluding carboxylic acids is 2. The number of epoxide rings is 1. The summed E-state index contributed by atoms with van der Waals surface area (Å²) in [6.45, 7) is 12.0. The van der Waals surface area contributed by atoms with Gasteiger partial charge in [-0.25, -0.2) is 0 Å². The molecule has 5 unspecified atom stereocenters. The van der Waals surface area contributed by atoms with E-state index in [1.165, 1.54) is 12.5 Å². The number of hydrogen-bond acceptors (Lipinski definition) is 4. The fraction of sp³-hybridized carbons (Fsp3) is 0.727. The second-order valence-electron chi connectivity index (χ2n) is 9.22. The molecule has 5 atom stereocenters. The maximum Gasteiger partial charge on any atom is 0.303 e. The van der Waals surface area contributed by atoms with E-state index in [0.29, 0.717) is 18.6 Å². The van der Waals surface area contributed by atoms with Crippen molar-refractivity contribution >= 4 is 11.8 Å². The van der Waals surface area contributed by atoms with Crippen LogP contribution in [0.15, 0.2) is 22.8 Å². The Morgan fingerprint density at radius 1 is 1.27 bits per heavy atom. The summed E-state index contributed by atoms with van der Waals surface area (Å²) in [5, 5.41) is 0. The molecule has 1 aliphatic heterocycles. The lowest BCUT2D eigenvalue weighted by Crippen LogP contribution is -2.28. The van der Waals surface area contributed by atoms with E-state index < -0.39 is 0 Å². The molecule has 2 aliphatic carbocycles. The van der Waals surface area contributed by atoms with Crippen molar-refractivity contribution in [1.82, 2.24) is 0 Å². The molecule has 0 aromatic rings. The average Bonchev–Trinajstić information content (AvgIpc) is 3.11. The van der Waals surface area contributed by atoms with Crippen LogP contribution in [0.2, 0.25) is 0 Å². The second kappa shape index (κ2) is 6.63. The SMILES string of the molecule is CC(=O)OC1CC(C)=CCC2(C)CC(=O)C(=C(C)C)C2CCC2(C)OC12. The first-order valence-electron chi connectivity index (χ1n) is 9.77. The molecule has 1 saturated carbocycles. The molecule has 4 heteroatoms. The lowest BCUT2D eigenvalue weighted by molar-refractivity contribution is -0.147. The zero-order chi connectivity index (χ0) is 19.3. The molecule has 1 saturated heterocycles. The molecule has 4 nitrogen and oxygen atoms in total. The molecule has 0 radical (unpaired) electrons. The first-order chi connectivity index (χ1) is 12.1. The molecule has 2 fully saturated rings. The molecule has 26 heavy (non-hydrogen) atoms. The maximum atomic E-state index is 12.7. The van der Waals surface area contributed by atoms with Gasteiger partial charge < -0.3 is 9.47 Å². The van der Waals surface area contributed by atoms with Crippen LogP contribution in [0.5, 0.6) is 0 Å². The first kappa shape index (κ1) is 19.3. The van der Waals surface area contributed by atoms with Crippen LogP contribution < -0.4 is 0 Å². The van der Waals surface area contributed by atoms with Gasteiger partial charge in [-0.1, -0.05) is 24.1 Å². The highest BCUT2D eigenvalue weighted by Gasteiger charge is 2.58. The third kappa shape index (κ3) is 3.53. The molecule has 0 spiro atoms. The number of esters is 1. The zero-order valence-corrected chi connectivity index (χ0v) is 17.0. The fourth-order valence-electron chi connectivity index (χ4n) is 5.05. The van der Waals surface area contributed by atoms with Gasteiger partial charge in [-0.3, -0.25) is 9.59 Å². The lowest BCUT2D eigenvalue weighted by Gasteiger charge is -2.31. The van der Waals surface area contributed by atoms with Crippen LogP contribution in [0.4, 0.5) is 0 Å². The summed E-state index contributed by atoms with van der Waals surface area (Å²) in [6, 6.07) is 0. The Morgan fingerprint density at radius 2 is 1.96 bits per heavy atom. The number of ether oxygens (including phenoxy) is 2. The van der Waals surface area contributed by atoms with Gasteiger partial charge in [-0.05, 0) is 63.9 Å². The molecular formula is C22H32O4. The Morgan fingerprint density at radius 3 is 2.58 bits per heavy atom. The predicted molar refractivity (Wildman–Crippen MR) is 101 cm³/mol. The smallest absolute Gasteiger partial charge is 0.303 e. The molecule has 144 valence electrons. The van der Waals surface area contributed by atoms with Gasteiger partial charge in [0.05, 0.1) is 5.60 Å². The van der Waals surface area contributed by atoms with E-state index >= 15 is 0 Å². The van der Waals surface area contributed by atoms with Gasteiger partial charge >= 0.3 is 5.97 Å². The Balaban J connectivity index is 1.93. The first-order valence-corrected chi connectivity index (χ1v) is 9.77. The minimum Gasteiger partial charge on any atom is -0.459 e. The van der Waals surface area contributed by atoms with Crippen molar-refractivity contribution in [3.05, 3.63) is 22.8 Å². The van der Waals surface area contributed by atoms with Crippen LogP contribution in [0, 0.1) is 11.3 Å². The van der Waals surface area contributed by atoms with E-state index in [1.807, 2.05) is 0 Å². The third-order valence-electron chi connectivity index (χ3n) is 6.56. The molecule has 0 aromatic carbocycles. The predicted octanol–water partition coefficient (Wildman–Crippen LogP) is 4.53. The van der Waals surface area contributed by atoms with Crippen LogP contribution in [0.3, 0.4) is 0 Å². The molecular weight excluding hydrogens is 328 g/mol. The molecule has 0 bridgehead atoms. The highest BCUT2D eigenvalue weighted by atomic mass is 16.6. The van der Waals surface area contributed by atoms with Gasteiger partial charge in [-0.15, -0.1) is 0 Å². The highest BCUT2D eigenvalue weighted by molar-refractivity contribution is 5.99. The number of fused-ring (bicyclic) bond motifs is 2. The van der Waals surface area contributed by atoms with E-state index in [-0.39, 0.29) is 35.1 Å². The van der Waals surface area contributed by atoms with Crippen molar-refractivity contribution in [2.75, 3.05) is 0 Å². The van der Waals surface area contributed by atoms with Crippen molar-refractivity contribution in [1.29, 1.82) is 0 Å².